The van der Waals surface area contributed by atoms with Crippen molar-refractivity contribution in [1.29, 1.82) is 0 Å². The molecule has 0 saturated carbocycles. The van der Waals surface area contributed by atoms with Gasteiger partial charge in [0.2, 0.25) is 10.0 Å². The maximum absolute atomic E-state index is 12.9. The van der Waals surface area contributed by atoms with Gasteiger partial charge in [0, 0.05) is 10.5 Å². The molecule has 0 heterocycles. The molecule has 12 heteroatoms. The summed E-state index contributed by atoms with van der Waals surface area (Å²) in [5, 5.41) is 0. The minimum absolute atomic E-state index is 0.243. The Balaban J connectivity index is 2.21. The molecule has 1 atom stereocenters. The fourth-order valence-electron chi connectivity index (χ4n) is 2.49. The van der Waals surface area contributed by atoms with E-state index in [0.29, 0.717) is 10.0 Å². The van der Waals surface area contributed by atoms with Crippen molar-refractivity contribution in [3.8, 4) is 5.75 Å². The molecule has 0 spiro atoms. The molecule has 0 bridgehead atoms. The van der Waals surface area contributed by atoms with Gasteiger partial charge in [-0.1, -0.05) is 28.1 Å². The predicted molar refractivity (Wildman–Crippen MR) is 95.8 cm³/mol. The van der Waals surface area contributed by atoms with Gasteiger partial charge >= 0.3 is 12.5 Å². The average Bonchev–Trinajstić information content (AvgIpc) is 2.51. The average molecular weight is 506 g/mol. The molecule has 0 radical (unpaired) electrons. The van der Waals surface area contributed by atoms with E-state index in [0.717, 1.165) is 24.3 Å². The standard InChI is InChI=1S/C17H14BrF6NO3S/c18-12-3-1-2-11(8-12)9-13(10-16(19,20)21)25-29(26,27)15-6-4-14(5-7-15)28-17(22,23)24/h1-8,13,25H,9-10H2. The number of alkyl halides is 6. The second kappa shape index (κ2) is 8.92. The number of ether oxygens (including phenoxy) is 1. The minimum Gasteiger partial charge on any atom is -0.406 e. The maximum atomic E-state index is 12.9. The van der Waals surface area contributed by atoms with Crippen LogP contribution >= 0.6 is 15.9 Å². The van der Waals surface area contributed by atoms with Crippen molar-refractivity contribution in [2.75, 3.05) is 0 Å². The fraction of sp³-hybridized carbons (Fsp3) is 0.294. The SMILES string of the molecule is O=S(=O)(NC(Cc1cccc(Br)c1)CC(F)(F)F)c1ccc(OC(F)(F)F)cc1. The van der Waals surface area contributed by atoms with E-state index in [-0.39, 0.29) is 6.42 Å². The molecule has 2 aromatic rings. The second-order valence-corrected chi connectivity index (χ2v) is 8.62. The Labute approximate surface area is 171 Å². The highest BCUT2D eigenvalue weighted by molar-refractivity contribution is 9.10. The van der Waals surface area contributed by atoms with Crippen molar-refractivity contribution in [3.05, 3.63) is 58.6 Å². The number of halogens is 7. The van der Waals surface area contributed by atoms with Gasteiger partial charge in [-0.05, 0) is 48.4 Å². The summed E-state index contributed by atoms with van der Waals surface area (Å²) in [6.07, 6.45) is -11.3. The molecule has 0 fully saturated rings. The highest BCUT2D eigenvalue weighted by Crippen LogP contribution is 2.27. The third-order valence-corrected chi connectivity index (χ3v) is 5.57. The molecular weight excluding hydrogens is 492 g/mol. The van der Waals surface area contributed by atoms with Gasteiger partial charge in [0.25, 0.3) is 0 Å². The van der Waals surface area contributed by atoms with Crippen LogP contribution in [0.5, 0.6) is 5.75 Å². The van der Waals surface area contributed by atoms with Crippen molar-refractivity contribution < 1.29 is 39.5 Å². The highest BCUT2D eigenvalue weighted by atomic mass is 79.9. The first-order valence-electron chi connectivity index (χ1n) is 7.93. The number of benzene rings is 2. The predicted octanol–water partition coefficient (Wildman–Crippen LogP) is 5.19. The molecule has 2 aromatic carbocycles. The zero-order chi connectivity index (χ0) is 21.9. The van der Waals surface area contributed by atoms with Crippen LogP contribution in [0.25, 0.3) is 0 Å². The maximum Gasteiger partial charge on any atom is 0.573 e. The van der Waals surface area contributed by atoms with Crippen molar-refractivity contribution >= 4 is 26.0 Å². The van der Waals surface area contributed by atoms with Crippen LogP contribution in [-0.4, -0.2) is 27.0 Å². The Bertz CT molecular complexity index is 929. The molecule has 1 unspecified atom stereocenters. The van der Waals surface area contributed by atoms with Crippen LogP contribution in [0.15, 0.2) is 57.9 Å². The third-order valence-electron chi connectivity index (χ3n) is 3.54. The molecule has 0 aliphatic carbocycles. The number of nitrogens with one attached hydrogen (secondary N) is 1. The summed E-state index contributed by atoms with van der Waals surface area (Å²) in [6, 6.07) is 7.99. The van der Waals surface area contributed by atoms with E-state index in [1.165, 1.54) is 0 Å². The van der Waals surface area contributed by atoms with Gasteiger partial charge in [-0.25, -0.2) is 13.1 Å². The Morgan fingerprint density at radius 2 is 1.62 bits per heavy atom. The lowest BCUT2D eigenvalue weighted by atomic mass is 10.0. The van der Waals surface area contributed by atoms with Gasteiger partial charge in [0.1, 0.15) is 5.75 Å². The minimum atomic E-state index is -4.96. The van der Waals surface area contributed by atoms with Gasteiger partial charge in [0.15, 0.2) is 0 Å². The first kappa shape index (κ1) is 23.5. The Morgan fingerprint density at radius 3 is 2.14 bits per heavy atom. The van der Waals surface area contributed by atoms with E-state index < -0.39 is 45.7 Å². The molecule has 4 nitrogen and oxygen atoms in total. The van der Waals surface area contributed by atoms with Gasteiger partial charge in [-0.3, -0.25) is 0 Å². The molecule has 160 valence electrons. The van der Waals surface area contributed by atoms with E-state index >= 15 is 0 Å². The number of hydrogen-bond acceptors (Lipinski definition) is 3. The Morgan fingerprint density at radius 1 is 1.00 bits per heavy atom. The van der Waals surface area contributed by atoms with Gasteiger partial charge in [0.05, 0.1) is 11.3 Å². The fourth-order valence-corrected chi connectivity index (χ4v) is 4.17. The zero-order valence-corrected chi connectivity index (χ0v) is 16.8. The number of sulfonamides is 1. The van der Waals surface area contributed by atoms with Crippen LogP contribution in [-0.2, 0) is 16.4 Å². The molecule has 0 aliphatic heterocycles. The van der Waals surface area contributed by atoms with E-state index in [1.54, 1.807) is 24.3 Å². The Hall–Kier alpha value is -1.79. The van der Waals surface area contributed by atoms with Crippen LogP contribution in [0, 0.1) is 0 Å². The van der Waals surface area contributed by atoms with Crippen molar-refractivity contribution in [1.82, 2.24) is 4.72 Å². The molecule has 0 amide bonds. The van der Waals surface area contributed by atoms with Crippen LogP contribution in [0.3, 0.4) is 0 Å². The van der Waals surface area contributed by atoms with Crippen LogP contribution < -0.4 is 9.46 Å². The van der Waals surface area contributed by atoms with Crippen LogP contribution in [0.4, 0.5) is 26.3 Å². The largest absolute Gasteiger partial charge is 0.573 e. The highest BCUT2D eigenvalue weighted by Gasteiger charge is 2.34. The Kier molecular flexibility index (Phi) is 7.23. The smallest absolute Gasteiger partial charge is 0.406 e. The summed E-state index contributed by atoms with van der Waals surface area (Å²) in [5.41, 5.74) is 0.463. The molecule has 0 aliphatic rings. The lowest BCUT2D eigenvalue weighted by Gasteiger charge is -2.20. The van der Waals surface area contributed by atoms with Gasteiger partial charge in [-0.2, -0.15) is 13.2 Å². The summed E-state index contributed by atoms with van der Waals surface area (Å²) < 4.78 is 106. The normalized spacial score (nSPS) is 13.9. The van der Waals surface area contributed by atoms with E-state index in [4.69, 9.17) is 0 Å². The van der Waals surface area contributed by atoms with Gasteiger partial charge in [-0.15, -0.1) is 13.2 Å². The monoisotopic (exact) mass is 505 g/mol. The molecule has 2 rings (SSSR count). The molecule has 0 saturated heterocycles. The third kappa shape index (κ3) is 8.23. The second-order valence-electron chi connectivity index (χ2n) is 5.99. The summed E-state index contributed by atoms with van der Waals surface area (Å²) in [6.45, 7) is 0. The lowest BCUT2D eigenvalue weighted by molar-refractivity contribution is -0.274. The first-order chi connectivity index (χ1) is 13.2. The van der Waals surface area contributed by atoms with E-state index in [1.807, 2.05) is 4.72 Å². The summed E-state index contributed by atoms with van der Waals surface area (Å²) in [5.74, 6) is -0.655. The van der Waals surface area contributed by atoms with Crippen LogP contribution in [0.1, 0.15) is 12.0 Å². The molecular formula is C17H14BrF6NO3S. The molecule has 0 aromatic heterocycles. The molecule has 1 N–H and O–H groups in total. The lowest BCUT2D eigenvalue weighted by Crippen LogP contribution is -2.39. The van der Waals surface area contributed by atoms with E-state index in [2.05, 4.69) is 20.7 Å². The zero-order valence-electron chi connectivity index (χ0n) is 14.4. The van der Waals surface area contributed by atoms with Gasteiger partial charge < -0.3 is 4.74 Å². The quantitative estimate of drug-likeness (QED) is 0.527. The number of hydrogen-bond donors (Lipinski definition) is 1. The topological polar surface area (TPSA) is 55.4 Å². The van der Waals surface area contributed by atoms with Crippen LogP contribution in [0.2, 0.25) is 0 Å². The summed E-state index contributed by atoms with van der Waals surface area (Å²) in [4.78, 5) is -0.492. The molecule has 29 heavy (non-hydrogen) atoms. The summed E-state index contributed by atoms with van der Waals surface area (Å²) >= 11 is 3.19. The first-order valence-corrected chi connectivity index (χ1v) is 10.2. The van der Waals surface area contributed by atoms with Crippen molar-refractivity contribution in [3.63, 3.8) is 0 Å². The van der Waals surface area contributed by atoms with E-state index in [9.17, 15) is 34.8 Å². The van der Waals surface area contributed by atoms with Crippen molar-refractivity contribution in [2.24, 2.45) is 0 Å². The number of rotatable bonds is 7. The summed E-state index contributed by atoms with van der Waals surface area (Å²) in [7, 11) is -4.42. The van der Waals surface area contributed by atoms with Crippen molar-refractivity contribution in [2.45, 2.75) is 36.3 Å².